The number of carbonyl (C=O) groups is 1. The SMILES string of the molecule is COc1ccc(NC(=O)CCN2CCN(C)CC2)c(N)c1. The molecule has 1 aromatic carbocycles. The van der Waals surface area contributed by atoms with E-state index in [1.54, 1.807) is 25.3 Å². The summed E-state index contributed by atoms with van der Waals surface area (Å²) in [6, 6.07) is 5.25. The number of nitrogen functional groups attached to an aromatic ring is 1. The largest absolute Gasteiger partial charge is 0.497 e. The van der Waals surface area contributed by atoms with E-state index in [0.29, 0.717) is 23.5 Å². The Hall–Kier alpha value is -1.79. The number of nitrogens with two attached hydrogens (primary N) is 1. The number of nitrogens with one attached hydrogen (secondary N) is 1. The molecule has 1 aromatic rings. The maximum atomic E-state index is 12.0. The lowest BCUT2D eigenvalue weighted by Gasteiger charge is -2.32. The zero-order chi connectivity index (χ0) is 15.2. The van der Waals surface area contributed by atoms with Gasteiger partial charge in [0.2, 0.25) is 5.91 Å². The Balaban J connectivity index is 1.79. The first-order chi connectivity index (χ1) is 10.1. The number of rotatable bonds is 5. The molecule has 0 atom stereocenters. The summed E-state index contributed by atoms with van der Waals surface area (Å²) >= 11 is 0. The number of benzene rings is 1. The Bertz CT molecular complexity index is 485. The molecule has 116 valence electrons. The van der Waals surface area contributed by atoms with Crippen LogP contribution in [-0.4, -0.2) is 62.6 Å². The van der Waals surface area contributed by atoms with E-state index in [1.807, 2.05) is 0 Å². The minimum Gasteiger partial charge on any atom is -0.497 e. The topological polar surface area (TPSA) is 70.8 Å². The molecule has 1 fully saturated rings. The second-order valence-corrected chi connectivity index (χ2v) is 5.40. The first-order valence-corrected chi connectivity index (χ1v) is 7.23. The van der Waals surface area contributed by atoms with Crippen molar-refractivity contribution in [1.29, 1.82) is 0 Å². The van der Waals surface area contributed by atoms with Crippen LogP contribution in [-0.2, 0) is 4.79 Å². The highest BCUT2D eigenvalue weighted by atomic mass is 16.5. The molecule has 0 spiro atoms. The van der Waals surface area contributed by atoms with Gasteiger partial charge in [0, 0.05) is 45.2 Å². The lowest BCUT2D eigenvalue weighted by Crippen LogP contribution is -2.45. The monoisotopic (exact) mass is 292 g/mol. The zero-order valence-electron chi connectivity index (χ0n) is 12.8. The number of hydrogen-bond donors (Lipinski definition) is 2. The van der Waals surface area contributed by atoms with Crippen molar-refractivity contribution < 1.29 is 9.53 Å². The predicted octanol–water partition coefficient (Wildman–Crippen LogP) is 0.853. The van der Waals surface area contributed by atoms with Crippen molar-refractivity contribution in [3.05, 3.63) is 18.2 Å². The summed E-state index contributed by atoms with van der Waals surface area (Å²) in [7, 11) is 3.71. The summed E-state index contributed by atoms with van der Waals surface area (Å²) in [4.78, 5) is 16.6. The molecule has 21 heavy (non-hydrogen) atoms. The van der Waals surface area contributed by atoms with Gasteiger partial charge in [-0.1, -0.05) is 0 Å². The Kier molecular flexibility index (Phi) is 5.41. The minimum atomic E-state index is -0.00852. The molecule has 0 bridgehead atoms. The first-order valence-electron chi connectivity index (χ1n) is 7.23. The number of anilines is 2. The summed E-state index contributed by atoms with van der Waals surface area (Å²) in [5, 5.41) is 2.85. The molecule has 1 saturated heterocycles. The van der Waals surface area contributed by atoms with Gasteiger partial charge in [-0.3, -0.25) is 4.79 Å². The normalized spacial score (nSPS) is 16.7. The summed E-state index contributed by atoms with van der Waals surface area (Å²) < 4.78 is 5.09. The molecule has 6 nitrogen and oxygen atoms in total. The van der Waals surface area contributed by atoms with Crippen molar-refractivity contribution in [1.82, 2.24) is 9.80 Å². The highest BCUT2D eigenvalue weighted by Crippen LogP contribution is 2.24. The van der Waals surface area contributed by atoms with E-state index in [-0.39, 0.29) is 5.91 Å². The van der Waals surface area contributed by atoms with E-state index in [0.717, 1.165) is 32.7 Å². The third-order valence-corrected chi connectivity index (χ3v) is 3.78. The number of likely N-dealkylation sites (N-methyl/N-ethyl adjacent to an activating group) is 1. The Morgan fingerprint density at radius 3 is 2.67 bits per heavy atom. The summed E-state index contributed by atoms with van der Waals surface area (Å²) in [6.07, 6.45) is 0.481. The Morgan fingerprint density at radius 2 is 2.05 bits per heavy atom. The van der Waals surface area contributed by atoms with Crippen molar-refractivity contribution in [3.8, 4) is 5.75 Å². The highest BCUT2D eigenvalue weighted by Gasteiger charge is 2.15. The van der Waals surface area contributed by atoms with Crippen LogP contribution in [0.4, 0.5) is 11.4 Å². The van der Waals surface area contributed by atoms with Crippen LogP contribution in [0.2, 0.25) is 0 Å². The molecule has 2 rings (SSSR count). The molecule has 1 amide bonds. The standard InChI is InChI=1S/C15H24N4O2/c1-18-7-9-19(10-8-18)6-5-15(20)17-14-4-3-12(21-2)11-13(14)16/h3-4,11H,5-10,16H2,1-2H3,(H,17,20). The third kappa shape index (κ3) is 4.61. The number of carbonyl (C=O) groups excluding carboxylic acids is 1. The molecular formula is C15H24N4O2. The van der Waals surface area contributed by atoms with E-state index in [4.69, 9.17) is 10.5 Å². The van der Waals surface area contributed by atoms with Crippen LogP contribution >= 0.6 is 0 Å². The van der Waals surface area contributed by atoms with Crippen LogP contribution < -0.4 is 15.8 Å². The fourth-order valence-corrected chi connectivity index (χ4v) is 2.33. The van der Waals surface area contributed by atoms with Gasteiger partial charge in [0.05, 0.1) is 18.5 Å². The van der Waals surface area contributed by atoms with Crippen molar-refractivity contribution in [2.75, 3.05) is 57.9 Å². The average molecular weight is 292 g/mol. The maximum Gasteiger partial charge on any atom is 0.225 e. The van der Waals surface area contributed by atoms with Crippen LogP contribution in [0, 0.1) is 0 Å². The molecule has 0 radical (unpaired) electrons. The lowest BCUT2D eigenvalue weighted by molar-refractivity contribution is -0.116. The van der Waals surface area contributed by atoms with E-state index in [9.17, 15) is 4.79 Å². The van der Waals surface area contributed by atoms with E-state index >= 15 is 0 Å². The zero-order valence-corrected chi connectivity index (χ0v) is 12.8. The fourth-order valence-electron chi connectivity index (χ4n) is 2.33. The van der Waals surface area contributed by atoms with Gasteiger partial charge >= 0.3 is 0 Å². The van der Waals surface area contributed by atoms with Gasteiger partial charge in [-0.2, -0.15) is 0 Å². The Morgan fingerprint density at radius 1 is 1.33 bits per heavy atom. The molecule has 1 aliphatic rings. The van der Waals surface area contributed by atoms with Gasteiger partial charge in [0.1, 0.15) is 5.75 Å². The minimum absolute atomic E-state index is 0.00852. The Labute approximate surface area is 125 Å². The van der Waals surface area contributed by atoms with Crippen LogP contribution in [0.5, 0.6) is 5.75 Å². The molecule has 1 aliphatic heterocycles. The number of piperazine rings is 1. The second kappa shape index (κ2) is 7.28. The number of amides is 1. The van der Waals surface area contributed by atoms with Gasteiger partial charge in [-0.05, 0) is 19.2 Å². The van der Waals surface area contributed by atoms with E-state index in [1.165, 1.54) is 0 Å². The molecular weight excluding hydrogens is 268 g/mol. The summed E-state index contributed by atoms with van der Waals surface area (Å²) in [5.41, 5.74) is 7.04. The van der Waals surface area contributed by atoms with Crippen LogP contribution in [0.1, 0.15) is 6.42 Å². The number of ether oxygens (including phenoxy) is 1. The number of methoxy groups -OCH3 is 1. The molecule has 6 heteroatoms. The maximum absolute atomic E-state index is 12.0. The van der Waals surface area contributed by atoms with Crippen molar-refractivity contribution in [2.45, 2.75) is 6.42 Å². The highest BCUT2D eigenvalue weighted by molar-refractivity contribution is 5.94. The van der Waals surface area contributed by atoms with Crippen LogP contribution in [0.25, 0.3) is 0 Å². The van der Waals surface area contributed by atoms with Crippen molar-refractivity contribution in [3.63, 3.8) is 0 Å². The molecule has 0 aliphatic carbocycles. The van der Waals surface area contributed by atoms with Crippen LogP contribution in [0.15, 0.2) is 18.2 Å². The molecule has 0 unspecified atom stereocenters. The van der Waals surface area contributed by atoms with Crippen molar-refractivity contribution >= 4 is 17.3 Å². The number of nitrogens with zero attached hydrogens (tertiary/aromatic N) is 2. The van der Waals surface area contributed by atoms with Gasteiger partial charge in [-0.25, -0.2) is 0 Å². The van der Waals surface area contributed by atoms with Gasteiger partial charge in [-0.15, -0.1) is 0 Å². The molecule has 0 saturated carbocycles. The predicted molar refractivity (Wildman–Crippen MR) is 84.6 cm³/mol. The quantitative estimate of drug-likeness (QED) is 0.788. The van der Waals surface area contributed by atoms with E-state index in [2.05, 4.69) is 22.2 Å². The smallest absolute Gasteiger partial charge is 0.225 e. The van der Waals surface area contributed by atoms with Gasteiger partial charge in [0.15, 0.2) is 0 Å². The van der Waals surface area contributed by atoms with Crippen LogP contribution in [0.3, 0.4) is 0 Å². The summed E-state index contributed by atoms with van der Waals surface area (Å²) in [5.74, 6) is 0.675. The van der Waals surface area contributed by atoms with Gasteiger partial charge < -0.3 is 25.6 Å². The molecule has 1 heterocycles. The van der Waals surface area contributed by atoms with E-state index < -0.39 is 0 Å². The molecule has 0 aromatic heterocycles. The third-order valence-electron chi connectivity index (χ3n) is 3.78. The number of hydrogen-bond acceptors (Lipinski definition) is 5. The lowest BCUT2D eigenvalue weighted by atomic mass is 10.2. The first kappa shape index (κ1) is 15.6. The summed E-state index contributed by atoms with van der Waals surface area (Å²) in [6.45, 7) is 4.96. The molecule has 3 N–H and O–H groups in total. The average Bonchev–Trinajstić information content (AvgIpc) is 2.48. The van der Waals surface area contributed by atoms with Gasteiger partial charge in [0.25, 0.3) is 0 Å². The fraction of sp³-hybridized carbons (Fsp3) is 0.533. The second-order valence-electron chi connectivity index (χ2n) is 5.40. The van der Waals surface area contributed by atoms with Crippen molar-refractivity contribution in [2.24, 2.45) is 0 Å².